The van der Waals surface area contributed by atoms with Gasteiger partial charge in [0.2, 0.25) is 0 Å². The molecular weight excluding hydrogens is 453 g/mol. The molecule has 2 unspecified atom stereocenters. The predicted molar refractivity (Wildman–Crippen MR) is 112 cm³/mol. The maximum Gasteiger partial charge on any atom is 0.416 e. The Morgan fingerprint density at radius 2 is 1.87 bits per heavy atom. The van der Waals surface area contributed by atoms with Gasteiger partial charge in [-0.15, -0.1) is 0 Å². The highest BCUT2D eigenvalue weighted by Gasteiger charge is 2.49. The number of fused-ring (bicyclic) bond motifs is 1. The van der Waals surface area contributed by atoms with Crippen LogP contribution in [0.5, 0.6) is 5.75 Å². The fourth-order valence-corrected chi connectivity index (χ4v) is 7.43. The van der Waals surface area contributed by atoms with E-state index in [9.17, 15) is 26.4 Å². The van der Waals surface area contributed by atoms with Gasteiger partial charge >= 0.3 is 6.18 Å². The predicted octanol–water partition coefficient (Wildman–Crippen LogP) is 3.39. The van der Waals surface area contributed by atoms with Crippen molar-refractivity contribution in [2.45, 2.75) is 17.5 Å². The molecule has 2 heterocycles. The first-order chi connectivity index (χ1) is 14.6. The monoisotopic (exact) mass is 470 g/mol. The molecule has 0 bridgehead atoms. The molecule has 0 aliphatic carbocycles. The van der Waals surface area contributed by atoms with Crippen LogP contribution in [0.25, 0.3) is 0 Å². The number of halogens is 3. The van der Waals surface area contributed by atoms with E-state index in [-0.39, 0.29) is 29.0 Å². The van der Waals surface area contributed by atoms with Crippen molar-refractivity contribution >= 4 is 38.4 Å². The Balaban J connectivity index is 1.62. The van der Waals surface area contributed by atoms with Crippen LogP contribution in [-0.2, 0) is 20.8 Å². The van der Waals surface area contributed by atoms with Gasteiger partial charge in [0, 0.05) is 10.9 Å². The summed E-state index contributed by atoms with van der Waals surface area (Å²) < 4.78 is 69.1. The summed E-state index contributed by atoms with van der Waals surface area (Å²) in [7, 11) is -3.33. The zero-order chi connectivity index (χ0) is 22.2. The average Bonchev–Trinajstić information content (AvgIpc) is 3.17. The van der Waals surface area contributed by atoms with Crippen LogP contribution >= 0.6 is 11.8 Å². The third-order valence-corrected chi connectivity index (χ3v) is 8.05. The van der Waals surface area contributed by atoms with Crippen LogP contribution in [0.4, 0.5) is 18.9 Å². The summed E-state index contributed by atoms with van der Waals surface area (Å²) >= 11 is 1.09. The zero-order valence-corrected chi connectivity index (χ0v) is 17.6. The van der Waals surface area contributed by atoms with Gasteiger partial charge in [-0.3, -0.25) is 4.79 Å². The van der Waals surface area contributed by atoms with Gasteiger partial charge < -0.3 is 9.64 Å². The number of ether oxygens (including phenoxy) is 1. The molecule has 31 heavy (non-hydrogen) atoms. The maximum absolute atomic E-state index is 13.2. The molecule has 0 spiro atoms. The molecule has 164 valence electrons. The summed E-state index contributed by atoms with van der Waals surface area (Å²) in [5.74, 6) is -0.473. The van der Waals surface area contributed by atoms with Crippen LogP contribution in [0.2, 0.25) is 0 Å². The largest absolute Gasteiger partial charge is 0.484 e. The van der Waals surface area contributed by atoms with Gasteiger partial charge in [-0.1, -0.05) is 36.0 Å². The van der Waals surface area contributed by atoms with E-state index >= 15 is 0 Å². The average molecular weight is 470 g/mol. The highest BCUT2D eigenvalue weighted by Crippen LogP contribution is 2.42. The van der Waals surface area contributed by atoms with E-state index in [0.29, 0.717) is 5.75 Å². The van der Waals surface area contributed by atoms with Gasteiger partial charge in [0.25, 0.3) is 5.91 Å². The number of benzene rings is 2. The summed E-state index contributed by atoms with van der Waals surface area (Å²) in [6.45, 7) is -0.349. The molecule has 4 rings (SSSR count). The molecule has 11 heteroatoms. The van der Waals surface area contributed by atoms with E-state index in [2.05, 4.69) is 4.99 Å². The molecular formula is C20H17F3N2O4S2. The summed E-state index contributed by atoms with van der Waals surface area (Å²) in [4.78, 5) is 17.8. The normalized spacial score (nSPS) is 23.7. The highest BCUT2D eigenvalue weighted by molar-refractivity contribution is 8.16. The van der Waals surface area contributed by atoms with Crippen molar-refractivity contribution in [3.8, 4) is 5.75 Å². The third kappa shape index (κ3) is 4.87. The number of rotatable bonds is 4. The molecule has 2 aliphatic heterocycles. The van der Waals surface area contributed by atoms with Crippen LogP contribution < -0.4 is 9.64 Å². The molecule has 6 nitrogen and oxygen atoms in total. The first-order valence-corrected chi connectivity index (χ1v) is 12.0. The summed E-state index contributed by atoms with van der Waals surface area (Å²) in [6, 6.07) is 12.6. The minimum absolute atomic E-state index is 0.120. The number of nitrogens with zero attached hydrogens (tertiary/aromatic N) is 2. The van der Waals surface area contributed by atoms with Crippen molar-refractivity contribution in [3.05, 3.63) is 60.2 Å². The Hall–Kier alpha value is -2.53. The molecule has 2 saturated heterocycles. The van der Waals surface area contributed by atoms with Crippen LogP contribution in [0.3, 0.4) is 0 Å². The highest BCUT2D eigenvalue weighted by atomic mass is 32.2. The van der Waals surface area contributed by atoms with Crippen LogP contribution in [0.1, 0.15) is 5.56 Å². The van der Waals surface area contributed by atoms with Crippen molar-refractivity contribution in [2.24, 2.45) is 4.99 Å². The van der Waals surface area contributed by atoms with Crippen molar-refractivity contribution in [1.82, 2.24) is 0 Å². The molecule has 2 atom stereocenters. The number of hydrogen-bond donors (Lipinski definition) is 0. The number of carbonyl (C=O) groups is 1. The number of anilines is 1. The van der Waals surface area contributed by atoms with E-state index in [1.165, 1.54) is 17.0 Å². The van der Waals surface area contributed by atoms with Gasteiger partial charge in [0.15, 0.2) is 21.6 Å². The second-order valence-corrected chi connectivity index (χ2v) is 10.5. The zero-order valence-electron chi connectivity index (χ0n) is 15.9. The molecule has 0 saturated carbocycles. The fraction of sp³-hybridized carbons (Fsp3) is 0.300. The minimum atomic E-state index is -4.55. The fourth-order valence-electron chi connectivity index (χ4n) is 3.50. The first-order valence-electron chi connectivity index (χ1n) is 9.25. The molecule has 2 aliphatic rings. The topological polar surface area (TPSA) is 76.0 Å². The Kier molecular flexibility index (Phi) is 5.73. The number of amidine groups is 1. The molecule has 2 fully saturated rings. The van der Waals surface area contributed by atoms with Crippen molar-refractivity contribution in [1.29, 1.82) is 0 Å². The quantitative estimate of drug-likeness (QED) is 0.682. The summed E-state index contributed by atoms with van der Waals surface area (Å²) in [6.07, 6.45) is -4.55. The van der Waals surface area contributed by atoms with E-state index in [1.54, 1.807) is 30.3 Å². The first kappa shape index (κ1) is 21.7. The third-order valence-electron chi connectivity index (χ3n) is 4.84. The second kappa shape index (κ2) is 8.19. The van der Waals surface area contributed by atoms with E-state index in [4.69, 9.17) is 4.74 Å². The van der Waals surface area contributed by atoms with Crippen LogP contribution in [0, 0.1) is 0 Å². The van der Waals surface area contributed by atoms with Crippen molar-refractivity contribution < 1.29 is 31.1 Å². The van der Waals surface area contributed by atoms with Crippen molar-refractivity contribution in [3.63, 3.8) is 0 Å². The molecule has 0 N–H and O–H groups in total. The SMILES string of the molecule is O=C(COc1ccccc1)N=C1SC2CS(=O)(=O)CC2N1c1cccc(C(F)(F)F)c1. The number of alkyl halides is 3. The van der Waals surface area contributed by atoms with E-state index in [1.807, 2.05) is 0 Å². The van der Waals surface area contributed by atoms with Crippen LogP contribution in [-0.4, -0.2) is 48.9 Å². The molecule has 2 aromatic carbocycles. The molecule has 0 radical (unpaired) electrons. The number of hydrogen-bond acceptors (Lipinski definition) is 5. The number of amides is 1. The Morgan fingerprint density at radius 1 is 1.13 bits per heavy atom. The lowest BCUT2D eigenvalue weighted by Crippen LogP contribution is -2.38. The van der Waals surface area contributed by atoms with Gasteiger partial charge in [0.05, 0.1) is 23.1 Å². The Morgan fingerprint density at radius 3 is 2.58 bits per heavy atom. The van der Waals surface area contributed by atoms with Gasteiger partial charge in [-0.05, 0) is 30.3 Å². The van der Waals surface area contributed by atoms with Crippen LogP contribution in [0.15, 0.2) is 59.6 Å². The smallest absolute Gasteiger partial charge is 0.416 e. The molecule has 1 amide bonds. The van der Waals surface area contributed by atoms with Gasteiger partial charge in [-0.25, -0.2) is 8.42 Å². The number of para-hydroxylation sites is 1. The summed E-state index contributed by atoms with van der Waals surface area (Å²) in [5, 5.41) is -0.243. The van der Waals surface area contributed by atoms with Gasteiger partial charge in [0.1, 0.15) is 5.75 Å². The number of aliphatic imine (C=N–C) groups is 1. The Bertz CT molecular complexity index is 1120. The van der Waals surface area contributed by atoms with E-state index in [0.717, 1.165) is 23.9 Å². The number of carbonyl (C=O) groups excluding carboxylic acids is 1. The lowest BCUT2D eigenvalue weighted by atomic mass is 10.1. The standard InChI is InChI=1S/C20H17F3N2O4S2/c21-20(22,23)13-5-4-6-14(9-13)25-16-11-31(27,28)12-17(16)30-19(25)24-18(26)10-29-15-7-2-1-3-8-15/h1-9,16-17H,10-12H2. The van der Waals surface area contributed by atoms with Gasteiger partial charge in [-0.2, -0.15) is 18.2 Å². The Labute approximate surface area is 181 Å². The van der Waals surface area contributed by atoms with Crippen molar-refractivity contribution in [2.75, 3.05) is 23.0 Å². The molecule has 0 aromatic heterocycles. The lowest BCUT2D eigenvalue weighted by molar-refractivity contribution is -0.137. The number of thioether (sulfide) groups is 1. The second-order valence-electron chi connectivity index (χ2n) is 7.11. The summed E-state index contributed by atoms with van der Waals surface area (Å²) in [5.41, 5.74) is -0.722. The number of sulfone groups is 1. The minimum Gasteiger partial charge on any atom is -0.484 e. The van der Waals surface area contributed by atoms with E-state index < -0.39 is 38.8 Å². The lowest BCUT2D eigenvalue weighted by Gasteiger charge is -2.25. The molecule has 2 aromatic rings. The maximum atomic E-state index is 13.2.